The second kappa shape index (κ2) is 13.7. The number of ether oxygens (including phenoxy) is 1. The lowest BCUT2D eigenvalue weighted by atomic mass is 9.95. The molecule has 42 heavy (non-hydrogen) atoms. The number of nitrogens with zero attached hydrogens (tertiary/aromatic N) is 1. The average molecular weight is 576 g/mol. The molecule has 0 spiro atoms. The normalized spacial score (nSPS) is 22.8. The van der Waals surface area contributed by atoms with Crippen LogP contribution in [0, 0.1) is 11.8 Å². The van der Waals surface area contributed by atoms with Gasteiger partial charge in [-0.1, -0.05) is 36.8 Å². The second-order valence-corrected chi connectivity index (χ2v) is 12.6. The van der Waals surface area contributed by atoms with Crippen LogP contribution in [0.25, 0.3) is 0 Å². The van der Waals surface area contributed by atoms with Crippen LogP contribution in [0.15, 0.2) is 48.5 Å². The van der Waals surface area contributed by atoms with E-state index in [2.05, 4.69) is 10.6 Å². The Balaban J connectivity index is 1.25. The summed E-state index contributed by atoms with van der Waals surface area (Å²) in [5.74, 6) is 1.66. The molecule has 2 bridgehead atoms. The molecule has 2 aromatic rings. The van der Waals surface area contributed by atoms with E-state index in [1.807, 2.05) is 44.2 Å². The van der Waals surface area contributed by atoms with Crippen LogP contribution in [0.3, 0.4) is 0 Å². The molecule has 1 saturated heterocycles. The first kappa shape index (κ1) is 30.1. The summed E-state index contributed by atoms with van der Waals surface area (Å²) in [7, 11) is 0. The van der Waals surface area contributed by atoms with Crippen molar-refractivity contribution in [3.63, 3.8) is 0 Å². The Morgan fingerprint density at radius 1 is 1.10 bits per heavy atom. The summed E-state index contributed by atoms with van der Waals surface area (Å²) in [6.45, 7) is 4.44. The predicted molar refractivity (Wildman–Crippen MR) is 162 cm³/mol. The molecule has 2 saturated carbocycles. The van der Waals surface area contributed by atoms with Gasteiger partial charge < -0.3 is 25.4 Å². The number of hydrogen-bond acceptors (Lipinski definition) is 5. The molecule has 5 rings (SSSR count). The third-order valence-corrected chi connectivity index (χ3v) is 8.98. The van der Waals surface area contributed by atoms with Gasteiger partial charge in [0.2, 0.25) is 11.8 Å². The number of anilines is 1. The second-order valence-electron chi connectivity index (χ2n) is 12.6. The summed E-state index contributed by atoms with van der Waals surface area (Å²) in [6.07, 6.45) is 6.93. The highest BCUT2D eigenvalue weighted by Crippen LogP contribution is 2.44. The third-order valence-electron chi connectivity index (χ3n) is 8.98. The van der Waals surface area contributed by atoms with E-state index in [0.29, 0.717) is 67.6 Å². The molecule has 3 fully saturated rings. The molecule has 0 radical (unpaired) electrons. The van der Waals surface area contributed by atoms with E-state index in [9.17, 15) is 19.5 Å². The lowest BCUT2D eigenvalue weighted by Crippen LogP contribution is -2.45. The topological polar surface area (TPSA) is 108 Å². The zero-order valence-corrected chi connectivity index (χ0v) is 24.9. The molecule has 8 heteroatoms. The molecule has 1 heterocycles. The minimum atomic E-state index is -0.834. The summed E-state index contributed by atoms with van der Waals surface area (Å²) in [6, 6.07) is 14.7. The number of aliphatic hydroxyl groups excluding tert-OH is 1. The van der Waals surface area contributed by atoms with E-state index >= 15 is 0 Å². The minimum absolute atomic E-state index is 0.0323. The van der Waals surface area contributed by atoms with E-state index in [1.54, 1.807) is 23.1 Å². The van der Waals surface area contributed by atoms with Crippen molar-refractivity contribution in [1.82, 2.24) is 10.6 Å². The number of carbonyl (C=O) groups excluding carboxylic acids is 3. The summed E-state index contributed by atoms with van der Waals surface area (Å²) in [5.41, 5.74) is 2.01. The Bertz CT molecular complexity index is 1250. The van der Waals surface area contributed by atoms with Crippen LogP contribution < -0.4 is 20.3 Å². The molecular weight excluding hydrogens is 530 g/mol. The van der Waals surface area contributed by atoms with Gasteiger partial charge in [0.05, 0.1) is 18.2 Å². The quantitative estimate of drug-likeness (QED) is 0.319. The van der Waals surface area contributed by atoms with E-state index in [1.165, 1.54) is 19.3 Å². The van der Waals surface area contributed by atoms with Gasteiger partial charge in [-0.2, -0.15) is 0 Å². The van der Waals surface area contributed by atoms with Crippen molar-refractivity contribution < 1.29 is 24.2 Å². The number of nitrogens with one attached hydrogen (secondary N) is 2. The van der Waals surface area contributed by atoms with Gasteiger partial charge in [0, 0.05) is 42.7 Å². The Morgan fingerprint density at radius 2 is 1.90 bits per heavy atom. The molecule has 0 aromatic heterocycles. The molecule has 8 nitrogen and oxygen atoms in total. The zero-order valence-electron chi connectivity index (χ0n) is 24.9. The van der Waals surface area contributed by atoms with Gasteiger partial charge >= 0.3 is 0 Å². The average Bonchev–Trinajstić information content (AvgIpc) is 3.70. The molecular formula is C34H45N3O5. The van der Waals surface area contributed by atoms with Crippen LogP contribution in [0.5, 0.6) is 5.75 Å². The molecule has 2 aromatic carbocycles. The van der Waals surface area contributed by atoms with Crippen molar-refractivity contribution >= 4 is 23.4 Å². The standard InChI is InChI=1S/C34H45N3O5/c1-22(2)42-28-20-26(19-27(21-28)37-15-7-12-33(37)40)34(41)36-30(17-23-8-4-3-5-9-23)31(38)10-6-11-32(39)35-29-18-24-13-14-25(29)16-24/h3-5,8-9,19-22,24-25,29-31,38H,6-7,10-18H2,1-2H3,(H,35,39)(H,36,41)/t24?,25?,29?,30-,31-/m0/s1. The Labute approximate surface area is 249 Å². The van der Waals surface area contributed by atoms with Crippen LogP contribution in [-0.4, -0.2) is 53.7 Å². The Morgan fingerprint density at radius 3 is 2.57 bits per heavy atom. The maximum absolute atomic E-state index is 13.6. The maximum Gasteiger partial charge on any atom is 0.251 e. The minimum Gasteiger partial charge on any atom is -0.491 e. The number of aliphatic hydroxyl groups is 1. The summed E-state index contributed by atoms with van der Waals surface area (Å²) in [4.78, 5) is 40.4. The van der Waals surface area contributed by atoms with Crippen molar-refractivity contribution in [2.24, 2.45) is 11.8 Å². The van der Waals surface area contributed by atoms with E-state index in [-0.39, 0.29) is 23.8 Å². The summed E-state index contributed by atoms with van der Waals surface area (Å²) < 4.78 is 5.92. The molecule has 1 aliphatic heterocycles. The number of fused-ring (bicyclic) bond motifs is 2. The van der Waals surface area contributed by atoms with Crippen LogP contribution in [0.2, 0.25) is 0 Å². The molecule has 2 aliphatic carbocycles. The van der Waals surface area contributed by atoms with Crippen LogP contribution in [0.1, 0.15) is 87.6 Å². The van der Waals surface area contributed by atoms with E-state index in [0.717, 1.165) is 24.3 Å². The molecule has 3 unspecified atom stereocenters. The van der Waals surface area contributed by atoms with Gasteiger partial charge in [-0.25, -0.2) is 0 Å². The number of benzene rings is 2. The summed E-state index contributed by atoms with van der Waals surface area (Å²) in [5, 5.41) is 17.5. The first-order chi connectivity index (χ1) is 20.2. The zero-order chi connectivity index (χ0) is 29.6. The lowest BCUT2D eigenvalue weighted by Gasteiger charge is -2.26. The van der Waals surface area contributed by atoms with Gasteiger partial charge in [0.15, 0.2) is 0 Å². The number of hydrogen-bond donors (Lipinski definition) is 3. The van der Waals surface area contributed by atoms with Gasteiger partial charge in [-0.05, 0) is 88.3 Å². The summed E-state index contributed by atoms with van der Waals surface area (Å²) >= 11 is 0. The largest absolute Gasteiger partial charge is 0.491 e. The van der Waals surface area contributed by atoms with E-state index in [4.69, 9.17) is 4.74 Å². The molecule has 226 valence electrons. The van der Waals surface area contributed by atoms with Crippen molar-refractivity contribution in [3.05, 3.63) is 59.7 Å². The predicted octanol–water partition coefficient (Wildman–Crippen LogP) is 4.78. The van der Waals surface area contributed by atoms with Crippen LogP contribution in [0.4, 0.5) is 5.69 Å². The van der Waals surface area contributed by atoms with E-state index < -0.39 is 12.1 Å². The fraction of sp³-hybridized carbons (Fsp3) is 0.559. The molecule has 3 N–H and O–H groups in total. The van der Waals surface area contributed by atoms with Gasteiger partial charge in [-0.3, -0.25) is 14.4 Å². The highest BCUT2D eigenvalue weighted by atomic mass is 16.5. The fourth-order valence-corrected chi connectivity index (χ4v) is 6.91. The SMILES string of the molecule is CC(C)Oc1cc(C(=O)N[C@@H](Cc2ccccc2)[C@@H](O)CCCC(=O)NC2CC3CCC2C3)cc(N2CCCC2=O)c1. The van der Waals surface area contributed by atoms with Gasteiger partial charge in [0.1, 0.15) is 5.75 Å². The number of carbonyl (C=O) groups is 3. The lowest BCUT2D eigenvalue weighted by molar-refractivity contribution is -0.122. The van der Waals surface area contributed by atoms with Crippen molar-refractivity contribution in [2.45, 2.75) is 102 Å². The maximum atomic E-state index is 13.6. The first-order valence-electron chi connectivity index (χ1n) is 15.7. The fourth-order valence-electron chi connectivity index (χ4n) is 6.91. The monoisotopic (exact) mass is 575 g/mol. The molecule has 3 amide bonds. The number of amides is 3. The highest BCUT2D eigenvalue weighted by Gasteiger charge is 2.40. The van der Waals surface area contributed by atoms with Crippen molar-refractivity contribution in [1.29, 1.82) is 0 Å². The van der Waals surface area contributed by atoms with Crippen LogP contribution in [-0.2, 0) is 16.0 Å². The highest BCUT2D eigenvalue weighted by molar-refractivity contribution is 5.99. The third kappa shape index (κ3) is 7.71. The van der Waals surface area contributed by atoms with Crippen molar-refractivity contribution in [2.75, 3.05) is 11.4 Å². The Kier molecular flexibility index (Phi) is 9.83. The van der Waals surface area contributed by atoms with Gasteiger partial charge in [0.25, 0.3) is 5.91 Å². The smallest absolute Gasteiger partial charge is 0.251 e. The van der Waals surface area contributed by atoms with Gasteiger partial charge in [-0.15, -0.1) is 0 Å². The van der Waals surface area contributed by atoms with Crippen molar-refractivity contribution in [3.8, 4) is 5.75 Å². The number of rotatable bonds is 13. The first-order valence-corrected chi connectivity index (χ1v) is 15.7. The molecule has 5 atom stereocenters. The van der Waals surface area contributed by atoms with Crippen LogP contribution >= 0.6 is 0 Å². The molecule has 3 aliphatic rings. The Hall–Kier alpha value is -3.39.